The zero-order valence-electron chi connectivity index (χ0n) is 14.5. The molecule has 1 fully saturated rings. The fourth-order valence-electron chi connectivity index (χ4n) is 2.44. The minimum Gasteiger partial charge on any atom is -0.372 e. The molecular formula is C17H29N3O3S. The van der Waals surface area contributed by atoms with Crippen molar-refractivity contribution in [3.63, 3.8) is 0 Å². The molecule has 1 unspecified atom stereocenters. The molecule has 2 amide bonds. The van der Waals surface area contributed by atoms with Crippen molar-refractivity contribution in [3.05, 3.63) is 0 Å². The molecule has 1 rings (SSSR count). The molecule has 1 aliphatic rings. The van der Waals surface area contributed by atoms with Crippen molar-refractivity contribution >= 4 is 34.6 Å². The summed E-state index contributed by atoms with van der Waals surface area (Å²) in [5.74, 6) is -1.12. The van der Waals surface area contributed by atoms with Gasteiger partial charge in [0.05, 0.1) is 11.8 Å². The summed E-state index contributed by atoms with van der Waals surface area (Å²) in [4.78, 5) is 23.7. The minimum absolute atomic E-state index is 0.141. The van der Waals surface area contributed by atoms with Gasteiger partial charge in [-0.15, -0.1) is 0 Å². The van der Waals surface area contributed by atoms with Crippen LogP contribution in [0.15, 0.2) is 0 Å². The van der Waals surface area contributed by atoms with E-state index in [1.54, 1.807) is 0 Å². The number of amides is 2. The Hall–Kier alpha value is -1.34. The number of ether oxygens (including phenoxy) is 1. The van der Waals surface area contributed by atoms with Gasteiger partial charge in [0.1, 0.15) is 0 Å². The molecule has 0 bridgehead atoms. The van der Waals surface area contributed by atoms with Crippen LogP contribution in [-0.2, 0) is 14.3 Å². The molecule has 0 heterocycles. The zero-order valence-corrected chi connectivity index (χ0v) is 15.3. The summed E-state index contributed by atoms with van der Waals surface area (Å²) in [6, 6.07) is 0. The molecule has 3 N–H and O–H groups in total. The summed E-state index contributed by atoms with van der Waals surface area (Å²) in [6.45, 7) is 3.66. The fraction of sp³-hybridized carbons (Fsp3) is 0.765. The highest BCUT2D eigenvalue weighted by Gasteiger charge is 2.23. The van der Waals surface area contributed by atoms with Crippen LogP contribution in [-0.4, -0.2) is 48.2 Å². The van der Waals surface area contributed by atoms with Crippen LogP contribution in [0.2, 0.25) is 0 Å². The predicted octanol–water partition coefficient (Wildman–Crippen LogP) is 2.15. The predicted molar refractivity (Wildman–Crippen MR) is 98.7 cm³/mol. The molecule has 24 heavy (non-hydrogen) atoms. The normalized spacial score (nSPS) is 17.6. The van der Waals surface area contributed by atoms with Crippen molar-refractivity contribution in [2.24, 2.45) is 0 Å². The van der Waals surface area contributed by atoms with Gasteiger partial charge in [0.25, 0.3) is 0 Å². The lowest BCUT2D eigenvalue weighted by molar-refractivity contribution is -0.139. The van der Waals surface area contributed by atoms with Crippen molar-refractivity contribution in [2.75, 3.05) is 19.7 Å². The first kappa shape index (κ1) is 20.7. The maximum atomic E-state index is 11.5. The fourth-order valence-corrected chi connectivity index (χ4v) is 2.72. The number of carbonyl (C=O) groups excluding carboxylic acids is 2. The summed E-state index contributed by atoms with van der Waals surface area (Å²) >= 11 is 5.14. The van der Waals surface area contributed by atoms with E-state index in [1.165, 1.54) is 0 Å². The van der Waals surface area contributed by atoms with Gasteiger partial charge < -0.3 is 20.8 Å². The molecule has 136 valence electrons. The average molecular weight is 356 g/mol. The van der Waals surface area contributed by atoms with Gasteiger partial charge >= 0.3 is 11.8 Å². The maximum Gasteiger partial charge on any atom is 0.309 e. The second-order valence-corrected chi connectivity index (χ2v) is 6.51. The smallest absolute Gasteiger partial charge is 0.309 e. The molecule has 0 spiro atoms. The zero-order chi connectivity index (χ0) is 17.8. The lowest BCUT2D eigenvalue weighted by atomic mass is 9.95. The highest BCUT2D eigenvalue weighted by molar-refractivity contribution is 7.82. The summed E-state index contributed by atoms with van der Waals surface area (Å²) in [5, 5.41) is 13.1. The van der Waals surface area contributed by atoms with Crippen molar-refractivity contribution in [1.82, 2.24) is 10.6 Å². The van der Waals surface area contributed by atoms with Crippen LogP contribution >= 0.6 is 12.2 Å². The SMILES string of the molecule is CCCCNC(=O)C(=O)NCCCCCOC1CCCC(=S)C1=N. The van der Waals surface area contributed by atoms with Crippen molar-refractivity contribution in [1.29, 1.82) is 5.41 Å². The summed E-state index contributed by atoms with van der Waals surface area (Å²) in [6.07, 6.45) is 7.01. The lowest BCUT2D eigenvalue weighted by Gasteiger charge is -2.23. The average Bonchev–Trinajstić information content (AvgIpc) is 2.57. The van der Waals surface area contributed by atoms with Gasteiger partial charge in [-0.3, -0.25) is 9.59 Å². The van der Waals surface area contributed by atoms with Crippen LogP contribution in [0.4, 0.5) is 0 Å². The molecule has 1 saturated carbocycles. The van der Waals surface area contributed by atoms with Gasteiger partial charge in [-0.05, 0) is 44.9 Å². The number of hydrogen-bond donors (Lipinski definition) is 3. The number of thiocarbonyl (C=S) groups is 1. The Morgan fingerprint density at radius 3 is 2.50 bits per heavy atom. The van der Waals surface area contributed by atoms with Crippen molar-refractivity contribution in [2.45, 2.75) is 64.4 Å². The van der Waals surface area contributed by atoms with E-state index in [0.29, 0.717) is 25.4 Å². The van der Waals surface area contributed by atoms with E-state index in [-0.39, 0.29) is 6.10 Å². The summed E-state index contributed by atoms with van der Waals surface area (Å²) < 4.78 is 5.72. The highest BCUT2D eigenvalue weighted by atomic mass is 32.1. The first-order chi connectivity index (χ1) is 11.6. The van der Waals surface area contributed by atoms with E-state index < -0.39 is 11.8 Å². The molecule has 6 nitrogen and oxygen atoms in total. The van der Waals surface area contributed by atoms with E-state index in [1.807, 2.05) is 6.92 Å². The van der Waals surface area contributed by atoms with Crippen molar-refractivity contribution in [3.8, 4) is 0 Å². The standard InChI is InChI=1S/C17H29N3O3S/c1-2-3-10-19-16(21)17(22)20-11-5-4-6-12-23-13-8-7-9-14(24)15(13)18/h13,18H,2-12H2,1H3,(H,19,21)(H,20,22). The molecule has 0 aromatic rings. The molecule has 0 radical (unpaired) electrons. The molecule has 0 aromatic heterocycles. The second-order valence-electron chi connectivity index (χ2n) is 6.01. The third-order valence-electron chi connectivity index (χ3n) is 3.94. The van der Waals surface area contributed by atoms with Crippen LogP contribution < -0.4 is 10.6 Å². The third-order valence-corrected chi connectivity index (χ3v) is 4.36. The van der Waals surface area contributed by atoms with Gasteiger partial charge in [0.15, 0.2) is 0 Å². The van der Waals surface area contributed by atoms with Gasteiger partial charge in [-0.1, -0.05) is 25.6 Å². The molecule has 1 atom stereocenters. The first-order valence-electron chi connectivity index (χ1n) is 8.85. The number of rotatable bonds is 10. The van der Waals surface area contributed by atoms with Crippen LogP contribution in [0.5, 0.6) is 0 Å². The minimum atomic E-state index is -0.563. The van der Waals surface area contributed by atoms with Crippen molar-refractivity contribution < 1.29 is 14.3 Å². The Kier molecular flexibility index (Phi) is 10.4. The monoisotopic (exact) mass is 355 g/mol. The van der Waals surface area contributed by atoms with Gasteiger partial charge in [-0.25, -0.2) is 0 Å². The maximum absolute atomic E-state index is 11.5. The molecule has 0 saturated heterocycles. The van der Waals surface area contributed by atoms with Gasteiger partial charge in [-0.2, -0.15) is 0 Å². The Morgan fingerprint density at radius 1 is 1.17 bits per heavy atom. The van der Waals surface area contributed by atoms with E-state index >= 15 is 0 Å². The Morgan fingerprint density at radius 2 is 1.83 bits per heavy atom. The molecule has 0 aromatic carbocycles. The van der Waals surface area contributed by atoms with Crippen LogP contribution in [0.3, 0.4) is 0 Å². The number of nitrogens with one attached hydrogen (secondary N) is 3. The van der Waals surface area contributed by atoms with E-state index in [0.717, 1.165) is 56.2 Å². The molecule has 0 aliphatic heterocycles. The van der Waals surface area contributed by atoms with E-state index in [9.17, 15) is 9.59 Å². The van der Waals surface area contributed by atoms with E-state index in [4.69, 9.17) is 22.4 Å². The van der Waals surface area contributed by atoms with Crippen LogP contribution in [0.1, 0.15) is 58.3 Å². The third kappa shape index (κ3) is 7.97. The van der Waals surface area contributed by atoms with E-state index in [2.05, 4.69) is 10.6 Å². The Balaban J connectivity index is 2.00. The highest BCUT2D eigenvalue weighted by Crippen LogP contribution is 2.16. The number of carbonyl (C=O) groups is 2. The van der Waals surface area contributed by atoms with Gasteiger partial charge in [0.2, 0.25) is 0 Å². The molecule has 1 aliphatic carbocycles. The molecule has 7 heteroatoms. The topological polar surface area (TPSA) is 91.3 Å². The van der Waals surface area contributed by atoms with Crippen LogP contribution in [0.25, 0.3) is 0 Å². The lowest BCUT2D eigenvalue weighted by Crippen LogP contribution is -2.40. The quantitative estimate of drug-likeness (QED) is 0.318. The Labute approximate surface area is 149 Å². The molecular weight excluding hydrogens is 326 g/mol. The number of hydrogen-bond acceptors (Lipinski definition) is 5. The second kappa shape index (κ2) is 12.1. The largest absolute Gasteiger partial charge is 0.372 e. The number of unbranched alkanes of at least 4 members (excludes halogenated alkanes) is 3. The summed E-state index contributed by atoms with van der Waals surface area (Å²) in [7, 11) is 0. The first-order valence-corrected chi connectivity index (χ1v) is 9.26. The van der Waals surface area contributed by atoms with Crippen LogP contribution in [0, 0.1) is 5.41 Å². The van der Waals surface area contributed by atoms with Gasteiger partial charge in [0, 0.05) is 24.6 Å². The Bertz CT molecular complexity index is 454. The summed E-state index contributed by atoms with van der Waals surface area (Å²) in [5.41, 5.74) is 0.470.